The second-order valence-corrected chi connectivity index (χ2v) is 5.40. The van der Waals surface area contributed by atoms with Crippen LogP contribution in [0.5, 0.6) is 0 Å². The van der Waals surface area contributed by atoms with Crippen LogP contribution in [0.4, 0.5) is 11.8 Å². The van der Waals surface area contributed by atoms with E-state index in [1.165, 1.54) is 0 Å². The number of imidazole rings is 1. The zero-order valence-electron chi connectivity index (χ0n) is 12.1. The molecule has 8 heteroatoms. The molecule has 0 aliphatic carbocycles. The van der Waals surface area contributed by atoms with Gasteiger partial charge in [0, 0.05) is 19.6 Å². The summed E-state index contributed by atoms with van der Waals surface area (Å²) in [6, 6.07) is 0.284. The van der Waals surface area contributed by atoms with Crippen molar-refractivity contribution in [2.75, 3.05) is 23.8 Å². The average Bonchev–Trinajstić information content (AvgIpc) is 2.94. The van der Waals surface area contributed by atoms with E-state index in [0.29, 0.717) is 18.1 Å². The molecule has 2 aromatic heterocycles. The lowest BCUT2D eigenvalue weighted by Crippen LogP contribution is -2.46. The van der Waals surface area contributed by atoms with Gasteiger partial charge in [0.15, 0.2) is 11.5 Å². The van der Waals surface area contributed by atoms with Crippen molar-refractivity contribution in [3.05, 3.63) is 6.33 Å². The fourth-order valence-corrected chi connectivity index (χ4v) is 2.77. The number of nitrogens with one attached hydrogen (secondary N) is 2. The van der Waals surface area contributed by atoms with Crippen molar-refractivity contribution < 1.29 is 4.79 Å². The van der Waals surface area contributed by atoms with E-state index in [1.807, 2.05) is 0 Å². The summed E-state index contributed by atoms with van der Waals surface area (Å²) in [4.78, 5) is 29.7. The third-order valence-corrected chi connectivity index (χ3v) is 4.05. The van der Waals surface area contributed by atoms with Crippen molar-refractivity contribution in [1.82, 2.24) is 19.9 Å². The number of rotatable bonds is 3. The zero-order chi connectivity index (χ0) is 15.0. The minimum absolute atomic E-state index is 0.146. The summed E-state index contributed by atoms with van der Waals surface area (Å²) in [6.07, 6.45) is 3.33. The number of hydrogen-bond acceptors (Lipinski definition) is 6. The largest absolute Gasteiger partial charge is 0.369 e. The molecule has 0 radical (unpaired) electrons. The molecule has 0 bridgehead atoms. The molecule has 3 heterocycles. The van der Waals surface area contributed by atoms with Crippen LogP contribution in [0.1, 0.15) is 19.8 Å². The fourth-order valence-electron chi connectivity index (χ4n) is 2.77. The first-order chi connectivity index (χ1) is 10.1. The molecular formula is C13H19N7O. The van der Waals surface area contributed by atoms with Crippen LogP contribution in [0.3, 0.4) is 0 Å². The Labute approximate surface area is 122 Å². The number of aromatic amines is 1. The molecule has 1 fully saturated rings. The van der Waals surface area contributed by atoms with Gasteiger partial charge in [0.2, 0.25) is 11.9 Å². The summed E-state index contributed by atoms with van der Waals surface area (Å²) in [7, 11) is 1.77. The molecule has 0 aromatic carbocycles. The van der Waals surface area contributed by atoms with Gasteiger partial charge in [0.05, 0.1) is 12.2 Å². The Morgan fingerprint density at radius 3 is 3.00 bits per heavy atom. The molecule has 8 nitrogen and oxygen atoms in total. The van der Waals surface area contributed by atoms with E-state index in [-0.39, 0.29) is 17.9 Å². The van der Waals surface area contributed by atoms with E-state index in [2.05, 4.69) is 37.1 Å². The Kier molecular flexibility index (Phi) is 3.36. The molecule has 1 aliphatic heterocycles. The number of H-pyrrole nitrogens is 1. The van der Waals surface area contributed by atoms with Crippen LogP contribution in [-0.2, 0) is 4.79 Å². The number of piperidine rings is 1. The van der Waals surface area contributed by atoms with Crippen LogP contribution in [0.25, 0.3) is 11.2 Å². The lowest BCUT2D eigenvalue weighted by molar-refractivity contribution is -0.122. The van der Waals surface area contributed by atoms with Gasteiger partial charge >= 0.3 is 0 Å². The molecule has 2 aromatic rings. The predicted octanol–water partition coefficient (Wildman–Crippen LogP) is 0.485. The number of fused-ring (bicyclic) bond motifs is 1. The lowest BCUT2D eigenvalue weighted by atomic mass is 9.93. The van der Waals surface area contributed by atoms with E-state index in [1.54, 1.807) is 13.4 Å². The Hall–Kier alpha value is -2.38. The predicted molar refractivity (Wildman–Crippen MR) is 80.0 cm³/mol. The van der Waals surface area contributed by atoms with E-state index in [9.17, 15) is 4.79 Å². The minimum Gasteiger partial charge on any atom is -0.369 e. The smallest absolute Gasteiger partial charge is 0.226 e. The highest BCUT2D eigenvalue weighted by Gasteiger charge is 2.31. The SMILES string of the molecule is CNc1nc(N2CC(C(N)=O)CCC2C)c2[nH]cnc2n1. The normalized spacial score (nSPS) is 22.5. The first-order valence-electron chi connectivity index (χ1n) is 7.05. The average molecular weight is 289 g/mol. The molecule has 2 atom stereocenters. The van der Waals surface area contributed by atoms with Crippen molar-refractivity contribution in [2.24, 2.45) is 11.7 Å². The van der Waals surface area contributed by atoms with Gasteiger partial charge in [-0.15, -0.1) is 0 Å². The van der Waals surface area contributed by atoms with Crippen molar-refractivity contribution >= 4 is 28.8 Å². The number of aromatic nitrogens is 4. The number of amides is 1. The van der Waals surface area contributed by atoms with Gasteiger partial charge in [-0.1, -0.05) is 0 Å². The van der Waals surface area contributed by atoms with Crippen molar-refractivity contribution in [1.29, 1.82) is 0 Å². The maximum Gasteiger partial charge on any atom is 0.226 e. The van der Waals surface area contributed by atoms with Crippen LogP contribution >= 0.6 is 0 Å². The van der Waals surface area contributed by atoms with Gasteiger partial charge in [0.1, 0.15) is 5.52 Å². The standard InChI is InChI=1S/C13H19N7O/c1-7-3-4-8(10(14)21)5-20(7)12-9-11(17-6-16-9)18-13(15-2)19-12/h6-8H,3-5H2,1-2H3,(H2,14,21)(H2,15,16,17,18,19). The highest BCUT2D eigenvalue weighted by molar-refractivity contribution is 5.85. The highest BCUT2D eigenvalue weighted by Crippen LogP contribution is 2.30. The molecule has 112 valence electrons. The summed E-state index contributed by atoms with van der Waals surface area (Å²) in [5.41, 5.74) is 6.86. The Balaban J connectivity index is 2.04. The van der Waals surface area contributed by atoms with Gasteiger partial charge in [-0.2, -0.15) is 9.97 Å². The maximum atomic E-state index is 11.5. The summed E-state index contributed by atoms with van der Waals surface area (Å²) >= 11 is 0. The molecule has 21 heavy (non-hydrogen) atoms. The van der Waals surface area contributed by atoms with Crippen molar-refractivity contribution in [3.63, 3.8) is 0 Å². The van der Waals surface area contributed by atoms with E-state index in [4.69, 9.17) is 5.73 Å². The van der Waals surface area contributed by atoms with Crippen LogP contribution in [-0.4, -0.2) is 45.5 Å². The third kappa shape index (κ3) is 2.37. The molecule has 0 saturated carbocycles. The monoisotopic (exact) mass is 289 g/mol. The Bertz CT molecular complexity index is 668. The van der Waals surface area contributed by atoms with Gasteiger partial charge in [-0.3, -0.25) is 4.79 Å². The van der Waals surface area contributed by atoms with Gasteiger partial charge in [0.25, 0.3) is 0 Å². The van der Waals surface area contributed by atoms with Crippen LogP contribution in [0.15, 0.2) is 6.33 Å². The molecule has 2 unspecified atom stereocenters. The number of hydrogen-bond donors (Lipinski definition) is 3. The third-order valence-electron chi connectivity index (χ3n) is 4.05. The molecule has 1 saturated heterocycles. The maximum absolute atomic E-state index is 11.5. The van der Waals surface area contributed by atoms with Crippen molar-refractivity contribution in [2.45, 2.75) is 25.8 Å². The molecule has 0 spiro atoms. The zero-order valence-corrected chi connectivity index (χ0v) is 12.1. The Morgan fingerprint density at radius 1 is 1.48 bits per heavy atom. The summed E-state index contributed by atoms with van der Waals surface area (Å²) < 4.78 is 0. The fraction of sp³-hybridized carbons (Fsp3) is 0.538. The van der Waals surface area contributed by atoms with Crippen LogP contribution < -0.4 is 16.0 Å². The number of carbonyl (C=O) groups excluding carboxylic acids is 1. The number of nitrogens with zero attached hydrogens (tertiary/aromatic N) is 4. The minimum atomic E-state index is -0.254. The van der Waals surface area contributed by atoms with Gasteiger partial charge in [-0.05, 0) is 19.8 Å². The van der Waals surface area contributed by atoms with Crippen LogP contribution in [0.2, 0.25) is 0 Å². The lowest BCUT2D eigenvalue weighted by Gasteiger charge is -2.37. The van der Waals surface area contributed by atoms with Gasteiger partial charge in [-0.25, -0.2) is 4.98 Å². The van der Waals surface area contributed by atoms with Crippen LogP contribution in [0, 0.1) is 5.92 Å². The molecule has 1 aliphatic rings. The quantitative estimate of drug-likeness (QED) is 0.757. The summed E-state index contributed by atoms with van der Waals surface area (Å²) in [5, 5.41) is 2.94. The number of carbonyl (C=O) groups is 1. The van der Waals surface area contributed by atoms with Crippen molar-refractivity contribution in [3.8, 4) is 0 Å². The second kappa shape index (κ2) is 5.19. The molecular weight excluding hydrogens is 270 g/mol. The highest BCUT2D eigenvalue weighted by atomic mass is 16.1. The first-order valence-corrected chi connectivity index (χ1v) is 7.05. The topological polar surface area (TPSA) is 113 Å². The summed E-state index contributed by atoms with van der Waals surface area (Å²) in [5.74, 6) is 0.876. The number of nitrogens with two attached hydrogens (primary N) is 1. The second-order valence-electron chi connectivity index (χ2n) is 5.40. The molecule has 3 rings (SSSR count). The first kappa shape index (κ1) is 13.6. The van der Waals surface area contributed by atoms with E-state index >= 15 is 0 Å². The molecule has 1 amide bonds. The number of anilines is 2. The van der Waals surface area contributed by atoms with Gasteiger partial charge < -0.3 is 20.9 Å². The summed E-state index contributed by atoms with van der Waals surface area (Å²) in [6.45, 7) is 2.70. The van der Waals surface area contributed by atoms with E-state index < -0.39 is 0 Å². The van der Waals surface area contributed by atoms with E-state index in [0.717, 1.165) is 24.2 Å². The Morgan fingerprint density at radius 2 is 2.29 bits per heavy atom. The number of primary amides is 1. The molecule has 4 N–H and O–H groups in total.